The highest BCUT2D eigenvalue weighted by Crippen LogP contribution is 2.34. The summed E-state index contributed by atoms with van der Waals surface area (Å²) in [4.78, 5) is 32.9. The second-order valence-electron chi connectivity index (χ2n) is 6.78. The highest BCUT2D eigenvalue weighted by Gasteiger charge is 2.50. The maximum atomic E-state index is 12.8. The molecule has 0 radical (unpaired) electrons. The summed E-state index contributed by atoms with van der Waals surface area (Å²) in [5, 5.41) is 34.2. The minimum atomic E-state index is -1.62. The molecule has 1 aromatic carbocycles. The number of hydrogen-bond acceptors (Lipinski definition) is 8. The van der Waals surface area contributed by atoms with Crippen molar-refractivity contribution in [1.82, 2.24) is 40.2 Å². The van der Waals surface area contributed by atoms with Gasteiger partial charge in [0, 0.05) is 29.4 Å². The van der Waals surface area contributed by atoms with Crippen LogP contribution in [-0.2, 0) is 16.9 Å². The molecule has 0 aliphatic carbocycles. The molecule has 12 nitrogen and oxygen atoms in total. The van der Waals surface area contributed by atoms with Crippen LogP contribution < -0.4 is 10.6 Å². The second-order valence-corrected chi connectivity index (χ2v) is 6.78. The maximum Gasteiger partial charge on any atom is 0.322 e. The molecular formula is C18H14N8O4. The molecule has 4 heterocycles. The molecule has 1 fully saturated rings. The number of nitrogens with zero attached hydrogens (tertiary/aromatic N) is 6. The number of carbonyl (C=O) groups excluding carboxylic acids is 2. The fraction of sp³-hybridized carbons (Fsp3) is 0.111. The summed E-state index contributed by atoms with van der Waals surface area (Å²) in [5.74, 6) is -0.445. The van der Waals surface area contributed by atoms with Crippen molar-refractivity contribution in [2.24, 2.45) is 0 Å². The van der Waals surface area contributed by atoms with Gasteiger partial charge in [0.25, 0.3) is 5.91 Å². The van der Waals surface area contributed by atoms with E-state index in [0.29, 0.717) is 16.6 Å². The summed E-state index contributed by atoms with van der Waals surface area (Å²) in [5.41, 5.74) is -1.47. The van der Waals surface area contributed by atoms with Crippen molar-refractivity contribution in [3.05, 3.63) is 54.9 Å². The Morgan fingerprint density at radius 3 is 2.73 bits per heavy atom. The number of phenolic OH excluding ortho intramolecular Hbond substituents is 1. The van der Waals surface area contributed by atoms with Crippen molar-refractivity contribution in [1.29, 1.82) is 0 Å². The van der Waals surface area contributed by atoms with Crippen molar-refractivity contribution < 1.29 is 19.8 Å². The monoisotopic (exact) mass is 406 g/mol. The predicted octanol–water partition coefficient (Wildman–Crippen LogP) is 0.158. The van der Waals surface area contributed by atoms with Crippen LogP contribution in [0.2, 0.25) is 0 Å². The zero-order valence-corrected chi connectivity index (χ0v) is 15.2. The van der Waals surface area contributed by atoms with Gasteiger partial charge in [0.1, 0.15) is 11.4 Å². The summed E-state index contributed by atoms with van der Waals surface area (Å²) >= 11 is 0. The van der Waals surface area contributed by atoms with Crippen molar-refractivity contribution in [2.75, 3.05) is 0 Å². The molecule has 4 aromatic rings. The highest BCUT2D eigenvalue weighted by atomic mass is 16.3. The molecular weight excluding hydrogens is 392 g/mol. The van der Waals surface area contributed by atoms with Crippen LogP contribution in [0, 0.1) is 0 Å². The van der Waals surface area contributed by atoms with Crippen LogP contribution in [0.5, 0.6) is 11.6 Å². The minimum Gasteiger partial charge on any atom is -0.508 e. The van der Waals surface area contributed by atoms with E-state index in [4.69, 9.17) is 0 Å². The third kappa shape index (κ3) is 2.62. The Hall–Kier alpha value is -4.48. The van der Waals surface area contributed by atoms with E-state index in [9.17, 15) is 19.8 Å². The SMILES string of the molecule is O=C1NC(=O)[C@](Cn2cc3ccc(O)cc3c2O)(c2cn(-c3cnccn3)nn2)N1. The molecule has 4 N–H and O–H groups in total. The lowest BCUT2D eigenvalue weighted by molar-refractivity contribution is -0.125. The van der Waals surface area contributed by atoms with E-state index in [2.05, 4.69) is 30.9 Å². The number of aromatic hydroxyl groups is 2. The number of amides is 3. The van der Waals surface area contributed by atoms with E-state index < -0.39 is 17.5 Å². The van der Waals surface area contributed by atoms with Crippen molar-refractivity contribution in [3.8, 4) is 17.4 Å². The number of urea groups is 1. The first-order valence-electron chi connectivity index (χ1n) is 8.80. The third-order valence-electron chi connectivity index (χ3n) is 4.91. The molecule has 1 atom stereocenters. The number of aromatic nitrogens is 6. The zero-order chi connectivity index (χ0) is 20.9. The maximum absolute atomic E-state index is 12.8. The van der Waals surface area contributed by atoms with E-state index in [0.717, 1.165) is 0 Å². The quantitative estimate of drug-likeness (QED) is 0.349. The topological polar surface area (TPSA) is 160 Å². The highest BCUT2D eigenvalue weighted by molar-refractivity contribution is 6.07. The van der Waals surface area contributed by atoms with Crippen LogP contribution in [0.3, 0.4) is 0 Å². The van der Waals surface area contributed by atoms with Gasteiger partial charge in [0.15, 0.2) is 17.2 Å². The lowest BCUT2D eigenvalue weighted by Crippen LogP contribution is -2.47. The number of benzene rings is 1. The minimum absolute atomic E-state index is 0.0101. The Bertz CT molecular complexity index is 1300. The summed E-state index contributed by atoms with van der Waals surface area (Å²) in [6, 6.07) is 3.83. The Morgan fingerprint density at radius 1 is 1.13 bits per heavy atom. The third-order valence-corrected chi connectivity index (χ3v) is 4.91. The van der Waals surface area contributed by atoms with Crippen molar-refractivity contribution in [2.45, 2.75) is 12.1 Å². The van der Waals surface area contributed by atoms with Crippen LogP contribution in [0.25, 0.3) is 16.6 Å². The van der Waals surface area contributed by atoms with Gasteiger partial charge in [0.05, 0.1) is 18.9 Å². The van der Waals surface area contributed by atoms with Gasteiger partial charge in [-0.3, -0.25) is 15.1 Å². The van der Waals surface area contributed by atoms with E-state index in [1.165, 1.54) is 46.2 Å². The average molecular weight is 406 g/mol. The number of carbonyl (C=O) groups is 2. The molecule has 0 spiro atoms. The molecule has 0 bridgehead atoms. The molecule has 1 aliphatic heterocycles. The van der Waals surface area contributed by atoms with E-state index >= 15 is 0 Å². The number of fused-ring (bicyclic) bond motifs is 1. The van der Waals surface area contributed by atoms with Crippen molar-refractivity contribution >= 4 is 22.7 Å². The Morgan fingerprint density at radius 2 is 2.00 bits per heavy atom. The number of nitrogens with one attached hydrogen (secondary N) is 2. The molecule has 5 rings (SSSR count). The van der Waals surface area contributed by atoms with Crippen LogP contribution in [0.4, 0.5) is 4.79 Å². The molecule has 150 valence electrons. The van der Waals surface area contributed by atoms with Gasteiger partial charge in [0.2, 0.25) is 0 Å². The number of hydrogen-bond donors (Lipinski definition) is 4. The normalized spacial score (nSPS) is 18.5. The summed E-state index contributed by atoms with van der Waals surface area (Å²) in [6.45, 7) is -0.162. The largest absolute Gasteiger partial charge is 0.508 e. The Labute approximate surface area is 167 Å². The average Bonchev–Trinajstić information content (AvgIpc) is 3.41. The van der Waals surface area contributed by atoms with Crippen LogP contribution in [0.15, 0.2) is 49.2 Å². The summed E-state index contributed by atoms with van der Waals surface area (Å²) in [6.07, 6.45) is 7.52. The molecule has 3 amide bonds. The smallest absolute Gasteiger partial charge is 0.322 e. The number of rotatable bonds is 4. The number of phenols is 1. The lowest BCUT2D eigenvalue weighted by Gasteiger charge is -2.24. The van der Waals surface area contributed by atoms with Crippen molar-refractivity contribution in [3.63, 3.8) is 0 Å². The number of imide groups is 1. The van der Waals surface area contributed by atoms with Gasteiger partial charge in [-0.2, -0.15) is 0 Å². The lowest BCUT2D eigenvalue weighted by atomic mass is 9.96. The van der Waals surface area contributed by atoms with Gasteiger partial charge in [-0.25, -0.2) is 14.5 Å². The first-order chi connectivity index (χ1) is 14.5. The summed E-state index contributed by atoms with van der Waals surface area (Å²) < 4.78 is 2.72. The second kappa shape index (κ2) is 6.27. The Balaban J connectivity index is 1.60. The molecule has 3 aromatic heterocycles. The molecule has 12 heteroatoms. The van der Waals surface area contributed by atoms with Gasteiger partial charge in [-0.05, 0) is 18.2 Å². The van der Waals surface area contributed by atoms with Crippen LogP contribution in [0.1, 0.15) is 5.69 Å². The van der Waals surface area contributed by atoms with Gasteiger partial charge < -0.3 is 20.1 Å². The first kappa shape index (κ1) is 17.6. The van der Waals surface area contributed by atoms with E-state index in [-0.39, 0.29) is 23.9 Å². The van der Waals surface area contributed by atoms with E-state index in [1.54, 1.807) is 12.3 Å². The van der Waals surface area contributed by atoms with E-state index in [1.807, 2.05) is 0 Å². The fourth-order valence-corrected chi connectivity index (χ4v) is 3.46. The summed E-state index contributed by atoms with van der Waals surface area (Å²) in [7, 11) is 0. The predicted molar refractivity (Wildman–Crippen MR) is 101 cm³/mol. The van der Waals surface area contributed by atoms with Crippen LogP contribution in [-0.4, -0.2) is 51.7 Å². The molecule has 0 unspecified atom stereocenters. The Kier molecular flexibility index (Phi) is 3.68. The molecule has 0 saturated carbocycles. The molecule has 1 saturated heterocycles. The first-order valence-corrected chi connectivity index (χ1v) is 8.80. The zero-order valence-electron chi connectivity index (χ0n) is 15.2. The molecule has 1 aliphatic rings. The van der Waals surface area contributed by atoms with Crippen LogP contribution >= 0.6 is 0 Å². The molecule has 30 heavy (non-hydrogen) atoms. The fourth-order valence-electron chi connectivity index (χ4n) is 3.46. The van der Waals surface area contributed by atoms with Gasteiger partial charge >= 0.3 is 6.03 Å². The standard InChI is InChI=1S/C18H14N8O4/c27-11-2-1-10-7-25(15(28)12(10)5-11)9-18(16(29)21-17(30)22-18)13-8-26(24-23-13)14-6-19-3-4-20-14/h1-8,27-28H,9H2,(H2,21,22,29,30)/t18-/m0/s1. The van der Waals surface area contributed by atoms with Gasteiger partial charge in [-0.1, -0.05) is 5.21 Å². The van der Waals surface area contributed by atoms with Gasteiger partial charge in [-0.15, -0.1) is 5.10 Å².